The predicted octanol–water partition coefficient (Wildman–Crippen LogP) is 4.94. The van der Waals surface area contributed by atoms with Crippen molar-refractivity contribution in [3.63, 3.8) is 0 Å². The molecule has 0 aliphatic heterocycles. The number of allylic oxidation sites excluding steroid dienone is 2. The van der Waals surface area contributed by atoms with Crippen molar-refractivity contribution in [1.82, 2.24) is 14.5 Å². The van der Waals surface area contributed by atoms with E-state index in [1.165, 1.54) is 23.9 Å². The molecule has 2 aliphatic rings. The number of benzene rings is 2. The van der Waals surface area contributed by atoms with Gasteiger partial charge in [-0.05, 0) is 62.8 Å². The van der Waals surface area contributed by atoms with Crippen LogP contribution in [0.15, 0.2) is 70.3 Å². The zero-order chi connectivity index (χ0) is 22.8. The van der Waals surface area contributed by atoms with Gasteiger partial charge in [0.1, 0.15) is 5.75 Å². The number of ether oxygens (including phenoxy) is 1. The lowest BCUT2D eigenvalue weighted by Crippen LogP contribution is -2.34. The molecule has 0 spiro atoms. The number of hydrogen-bond acceptors (Lipinski definition) is 5. The lowest BCUT2D eigenvalue weighted by Gasteiger charge is -2.27. The lowest BCUT2D eigenvalue weighted by atomic mass is 10.0. The van der Waals surface area contributed by atoms with Gasteiger partial charge in [0, 0.05) is 17.8 Å². The summed E-state index contributed by atoms with van der Waals surface area (Å²) in [6.07, 6.45) is 8.70. The lowest BCUT2D eigenvalue weighted by molar-refractivity contribution is -0.127. The van der Waals surface area contributed by atoms with E-state index in [2.05, 4.69) is 6.08 Å². The van der Waals surface area contributed by atoms with Gasteiger partial charge in [0.15, 0.2) is 5.16 Å². The van der Waals surface area contributed by atoms with Crippen LogP contribution in [0.1, 0.15) is 38.5 Å². The Hall–Kier alpha value is -3.06. The Labute approximate surface area is 197 Å². The van der Waals surface area contributed by atoms with E-state index in [4.69, 9.17) is 9.72 Å². The molecule has 0 bridgehead atoms. The van der Waals surface area contributed by atoms with Crippen LogP contribution >= 0.6 is 11.8 Å². The van der Waals surface area contributed by atoms with E-state index in [0.29, 0.717) is 33.5 Å². The molecule has 6 nitrogen and oxygen atoms in total. The van der Waals surface area contributed by atoms with Crippen molar-refractivity contribution < 1.29 is 9.53 Å². The first-order chi connectivity index (χ1) is 16.2. The van der Waals surface area contributed by atoms with E-state index < -0.39 is 0 Å². The minimum absolute atomic E-state index is 0.0928. The number of fused-ring (bicyclic) bond motifs is 1. The Kier molecular flexibility index (Phi) is 6.22. The highest BCUT2D eigenvalue weighted by atomic mass is 32.2. The van der Waals surface area contributed by atoms with Crippen molar-refractivity contribution in [3.8, 4) is 11.4 Å². The number of methoxy groups -OCH3 is 1. The summed E-state index contributed by atoms with van der Waals surface area (Å²) < 4.78 is 6.95. The standard InChI is InChI=1S/C26H27N3O3S/c1-32-21-11-7-10-20(16-21)29-25(31)22-12-5-6-13-23(22)27-26(29)33-17-24(30)28(19-14-15-19)18-8-3-2-4-9-18/h5-8,10-13,16,19H,2-4,9,14-15,17H2,1H3. The van der Waals surface area contributed by atoms with Crippen LogP contribution in [0.5, 0.6) is 5.75 Å². The second-order valence-corrected chi connectivity index (χ2v) is 9.42. The average Bonchev–Trinajstić information content (AvgIpc) is 3.69. The molecule has 0 N–H and O–H groups in total. The Morgan fingerprint density at radius 1 is 1.18 bits per heavy atom. The van der Waals surface area contributed by atoms with Crippen LogP contribution in [0.3, 0.4) is 0 Å². The molecule has 7 heteroatoms. The maximum Gasteiger partial charge on any atom is 0.266 e. The van der Waals surface area contributed by atoms with E-state index in [-0.39, 0.29) is 17.2 Å². The van der Waals surface area contributed by atoms with E-state index >= 15 is 0 Å². The van der Waals surface area contributed by atoms with E-state index in [1.54, 1.807) is 17.7 Å². The monoisotopic (exact) mass is 461 g/mol. The summed E-state index contributed by atoms with van der Waals surface area (Å²) in [7, 11) is 1.60. The van der Waals surface area contributed by atoms with Gasteiger partial charge in [0.2, 0.25) is 5.91 Å². The summed E-state index contributed by atoms with van der Waals surface area (Å²) in [5.41, 5.74) is 2.32. The van der Waals surface area contributed by atoms with Crippen LogP contribution < -0.4 is 10.3 Å². The van der Waals surface area contributed by atoms with E-state index in [9.17, 15) is 9.59 Å². The maximum absolute atomic E-state index is 13.5. The first kappa shape index (κ1) is 21.8. The molecule has 2 aromatic carbocycles. The Balaban J connectivity index is 1.50. The molecule has 5 rings (SSSR count). The third-order valence-corrected chi connectivity index (χ3v) is 7.06. The highest BCUT2D eigenvalue weighted by Gasteiger charge is 2.35. The molecule has 1 amide bonds. The molecule has 0 unspecified atom stereocenters. The second kappa shape index (κ2) is 9.43. The van der Waals surface area contributed by atoms with Gasteiger partial charge >= 0.3 is 0 Å². The van der Waals surface area contributed by atoms with Crippen LogP contribution in [-0.4, -0.2) is 39.3 Å². The van der Waals surface area contributed by atoms with Crippen LogP contribution in [0.2, 0.25) is 0 Å². The number of carbonyl (C=O) groups is 1. The topological polar surface area (TPSA) is 64.4 Å². The molecule has 1 aromatic heterocycles. The molecule has 1 heterocycles. The first-order valence-corrected chi connectivity index (χ1v) is 12.4. The van der Waals surface area contributed by atoms with Crippen molar-refractivity contribution in [3.05, 3.63) is 70.7 Å². The van der Waals surface area contributed by atoms with Crippen LogP contribution in [-0.2, 0) is 4.79 Å². The molecule has 33 heavy (non-hydrogen) atoms. The molecule has 170 valence electrons. The SMILES string of the molecule is COc1cccc(-n2c(SCC(=O)N(C3=CCCCC3)C3CC3)nc3ccccc3c2=O)c1. The summed E-state index contributed by atoms with van der Waals surface area (Å²) in [5, 5.41) is 1.05. The van der Waals surface area contributed by atoms with Crippen LogP contribution in [0.4, 0.5) is 0 Å². The number of aromatic nitrogens is 2. The number of rotatable bonds is 7. The van der Waals surface area contributed by atoms with Gasteiger partial charge < -0.3 is 9.64 Å². The molecular weight excluding hydrogens is 434 g/mol. The minimum Gasteiger partial charge on any atom is -0.497 e. The van der Waals surface area contributed by atoms with E-state index in [0.717, 1.165) is 32.1 Å². The largest absolute Gasteiger partial charge is 0.497 e. The molecule has 1 fully saturated rings. The maximum atomic E-state index is 13.5. The van der Waals surface area contributed by atoms with Crippen molar-refractivity contribution in [1.29, 1.82) is 0 Å². The molecule has 0 atom stereocenters. The average molecular weight is 462 g/mol. The number of para-hydroxylation sites is 1. The zero-order valence-corrected chi connectivity index (χ0v) is 19.5. The van der Waals surface area contributed by atoms with Gasteiger partial charge in [-0.2, -0.15) is 0 Å². The van der Waals surface area contributed by atoms with Gasteiger partial charge in [-0.15, -0.1) is 0 Å². The zero-order valence-electron chi connectivity index (χ0n) is 18.7. The Morgan fingerprint density at radius 3 is 2.79 bits per heavy atom. The fourth-order valence-corrected chi connectivity index (χ4v) is 5.23. The number of carbonyl (C=O) groups excluding carboxylic acids is 1. The third kappa shape index (κ3) is 4.55. The highest BCUT2D eigenvalue weighted by Crippen LogP contribution is 2.35. The van der Waals surface area contributed by atoms with Crippen LogP contribution in [0.25, 0.3) is 16.6 Å². The minimum atomic E-state index is -0.155. The normalized spacial score (nSPS) is 15.8. The summed E-state index contributed by atoms with van der Waals surface area (Å²) in [4.78, 5) is 33.6. The Bertz CT molecular complexity index is 1280. The van der Waals surface area contributed by atoms with Crippen molar-refractivity contribution in [2.45, 2.75) is 49.7 Å². The summed E-state index contributed by atoms with van der Waals surface area (Å²) >= 11 is 1.32. The van der Waals surface area contributed by atoms with Crippen molar-refractivity contribution in [2.75, 3.05) is 12.9 Å². The predicted molar refractivity (Wildman–Crippen MR) is 131 cm³/mol. The van der Waals surface area contributed by atoms with Crippen molar-refractivity contribution >= 4 is 28.6 Å². The summed E-state index contributed by atoms with van der Waals surface area (Å²) in [6, 6.07) is 15.0. The van der Waals surface area contributed by atoms with Gasteiger partial charge in [0.25, 0.3) is 5.56 Å². The van der Waals surface area contributed by atoms with E-state index in [1.807, 2.05) is 47.4 Å². The van der Waals surface area contributed by atoms with Gasteiger partial charge in [0.05, 0.1) is 29.5 Å². The quantitative estimate of drug-likeness (QED) is 0.369. The first-order valence-electron chi connectivity index (χ1n) is 11.5. The molecular formula is C26H27N3O3S. The van der Waals surface area contributed by atoms with Gasteiger partial charge in [-0.1, -0.05) is 36.0 Å². The smallest absolute Gasteiger partial charge is 0.266 e. The molecule has 3 aromatic rings. The van der Waals surface area contributed by atoms with Gasteiger partial charge in [-0.3, -0.25) is 14.2 Å². The molecule has 0 saturated heterocycles. The summed E-state index contributed by atoms with van der Waals surface area (Å²) in [6.45, 7) is 0. The van der Waals surface area contributed by atoms with Gasteiger partial charge in [-0.25, -0.2) is 4.98 Å². The van der Waals surface area contributed by atoms with Crippen LogP contribution in [0, 0.1) is 0 Å². The fraction of sp³-hybridized carbons (Fsp3) is 0.346. The molecule has 0 radical (unpaired) electrons. The number of nitrogens with zero attached hydrogens (tertiary/aromatic N) is 3. The second-order valence-electron chi connectivity index (χ2n) is 8.48. The number of amides is 1. The Morgan fingerprint density at radius 2 is 2.03 bits per heavy atom. The van der Waals surface area contributed by atoms with Crippen molar-refractivity contribution in [2.24, 2.45) is 0 Å². The molecule has 2 aliphatic carbocycles. The number of hydrogen-bond donors (Lipinski definition) is 0. The third-order valence-electron chi connectivity index (χ3n) is 6.14. The fourth-order valence-electron chi connectivity index (χ4n) is 4.35. The highest BCUT2D eigenvalue weighted by molar-refractivity contribution is 7.99. The molecule has 1 saturated carbocycles. The summed E-state index contributed by atoms with van der Waals surface area (Å²) in [5.74, 6) is 0.988. The number of thioether (sulfide) groups is 1.